The number of benzene rings is 3. The molecule has 0 bridgehead atoms. The molecule has 3 aromatic carbocycles. The smallest absolute Gasteiger partial charge is 0.379 e. The molecule has 6 nitrogen and oxygen atoms in total. The molecule has 3 aromatic rings. The lowest BCUT2D eigenvalue weighted by Crippen LogP contribution is -2.39. The van der Waals surface area contributed by atoms with E-state index in [1.54, 1.807) is 30.3 Å². The van der Waals surface area contributed by atoms with Crippen LogP contribution < -0.4 is 9.50 Å². The number of nitrogens with one attached hydrogen (secondary N) is 1. The van der Waals surface area contributed by atoms with Gasteiger partial charge in [0, 0.05) is 23.3 Å². The van der Waals surface area contributed by atoms with Crippen molar-refractivity contribution in [1.29, 1.82) is 0 Å². The zero-order valence-electron chi connectivity index (χ0n) is 18.7. The third-order valence-corrected chi connectivity index (χ3v) is 6.35. The maximum Gasteiger partial charge on any atom is 0.416 e. The minimum atomic E-state index is -4.70. The van der Waals surface area contributed by atoms with E-state index >= 15 is 0 Å². The minimum absolute atomic E-state index is 0.0983. The molecule has 0 saturated heterocycles. The third kappa shape index (κ3) is 7.12. The molecule has 3 rings (SSSR count). The highest BCUT2D eigenvalue weighted by Crippen LogP contribution is 2.31. The molecule has 0 radical (unpaired) electrons. The summed E-state index contributed by atoms with van der Waals surface area (Å²) in [5.41, 5.74) is -0.0386. The summed E-state index contributed by atoms with van der Waals surface area (Å²) in [5.74, 6) is -0.0983. The minimum Gasteiger partial charge on any atom is -0.379 e. The Morgan fingerprint density at radius 2 is 1.71 bits per heavy atom. The maximum absolute atomic E-state index is 13.0. The fraction of sp³-hybridized carbons (Fsp3) is 0.208. The van der Waals surface area contributed by atoms with Gasteiger partial charge >= 0.3 is 22.3 Å². The predicted octanol–water partition coefficient (Wildman–Crippen LogP) is 6.57. The van der Waals surface area contributed by atoms with E-state index in [4.69, 9.17) is 15.8 Å². The summed E-state index contributed by atoms with van der Waals surface area (Å²) in [5, 5.41) is 3.22. The van der Waals surface area contributed by atoms with E-state index in [2.05, 4.69) is 5.32 Å². The van der Waals surface area contributed by atoms with Crippen LogP contribution in [0.4, 0.5) is 23.7 Å². The van der Waals surface area contributed by atoms with Gasteiger partial charge in [0.25, 0.3) is 0 Å². The summed E-state index contributed by atoms with van der Waals surface area (Å²) in [4.78, 5) is 13.7. The van der Waals surface area contributed by atoms with Gasteiger partial charge in [0.05, 0.1) is 5.56 Å². The topological polar surface area (TPSA) is 75.7 Å². The third-order valence-electron chi connectivity index (χ3n) is 4.87. The molecule has 11 heteroatoms. The van der Waals surface area contributed by atoms with Gasteiger partial charge in [-0.2, -0.15) is 21.6 Å². The van der Waals surface area contributed by atoms with Crippen molar-refractivity contribution in [2.75, 3.05) is 5.32 Å². The lowest BCUT2D eigenvalue weighted by molar-refractivity contribution is -0.137. The van der Waals surface area contributed by atoms with E-state index in [0.29, 0.717) is 22.3 Å². The van der Waals surface area contributed by atoms with E-state index in [1.165, 1.54) is 23.1 Å². The van der Waals surface area contributed by atoms with Crippen LogP contribution in [0.25, 0.3) is 0 Å². The molecular weight excluding hydrogens is 505 g/mol. The Hall–Kier alpha value is -3.24. The van der Waals surface area contributed by atoms with E-state index in [-0.39, 0.29) is 18.3 Å². The second-order valence-electron chi connectivity index (χ2n) is 7.87. The number of hydrogen-bond acceptors (Lipinski definition) is 4. The van der Waals surface area contributed by atoms with Crippen molar-refractivity contribution in [3.8, 4) is 5.75 Å². The molecule has 0 atom stereocenters. The molecular formula is C24H22ClF3N2O4S. The first-order chi connectivity index (χ1) is 16.3. The molecule has 0 aliphatic carbocycles. The normalized spacial score (nSPS) is 11.9. The number of alkyl halides is 3. The molecule has 186 valence electrons. The Bertz CT molecular complexity index is 1310. The lowest BCUT2D eigenvalue weighted by atomic mass is 10.2. The fourth-order valence-electron chi connectivity index (χ4n) is 3.15. The molecule has 0 spiro atoms. The molecule has 2 amide bonds. The van der Waals surface area contributed by atoms with Crippen LogP contribution in [-0.4, -0.2) is 25.4 Å². The summed E-state index contributed by atoms with van der Waals surface area (Å²) < 4.78 is 69.1. The second kappa shape index (κ2) is 10.6. The van der Waals surface area contributed by atoms with E-state index < -0.39 is 32.8 Å². The standard InChI is InChI=1S/C24H22ClF3N2O4S/c1-16(2)30(23(31)29-20-9-5-8-19(25)14-20)15-17-6-3-10-21(12-17)34-35(32,33)22-11-4-7-18(13-22)24(26,27)28/h3-14,16H,15H2,1-2H3,(H,29,31). The van der Waals surface area contributed by atoms with Crippen LogP contribution in [0.5, 0.6) is 5.75 Å². The molecule has 0 aromatic heterocycles. The zero-order chi connectivity index (χ0) is 25.8. The van der Waals surface area contributed by atoms with Crippen molar-refractivity contribution in [3.63, 3.8) is 0 Å². The van der Waals surface area contributed by atoms with E-state index in [9.17, 15) is 26.4 Å². The summed E-state index contributed by atoms with van der Waals surface area (Å²) in [6.07, 6.45) is -4.70. The largest absolute Gasteiger partial charge is 0.416 e. The van der Waals surface area contributed by atoms with Gasteiger partial charge in [-0.3, -0.25) is 0 Å². The van der Waals surface area contributed by atoms with Crippen molar-refractivity contribution in [3.05, 3.63) is 88.9 Å². The predicted molar refractivity (Wildman–Crippen MR) is 127 cm³/mol. The summed E-state index contributed by atoms with van der Waals surface area (Å²) in [7, 11) is -4.52. The maximum atomic E-state index is 13.0. The number of anilines is 1. The van der Waals surface area contributed by atoms with Crippen LogP contribution in [0.15, 0.2) is 77.7 Å². The van der Waals surface area contributed by atoms with Crippen molar-refractivity contribution < 1.29 is 30.6 Å². The highest BCUT2D eigenvalue weighted by atomic mass is 35.5. The second-order valence-corrected chi connectivity index (χ2v) is 9.86. The summed E-state index contributed by atoms with van der Waals surface area (Å²) in [6.45, 7) is 3.75. The molecule has 0 saturated carbocycles. The quantitative estimate of drug-likeness (QED) is 0.353. The van der Waals surface area contributed by atoms with Gasteiger partial charge in [0.1, 0.15) is 10.6 Å². The van der Waals surface area contributed by atoms with Crippen LogP contribution in [0, 0.1) is 0 Å². The fourth-order valence-corrected chi connectivity index (χ4v) is 4.31. The van der Waals surface area contributed by atoms with E-state index in [0.717, 1.165) is 18.2 Å². The first kappa shape index (κ1) is 26.4. The first-order valence-electron chi connectivity index (χ1n) is 10.4. The Balaban J connectivity index is 1.78. The number of halogens is 4. The van der Waals surface area contributed by atoms with Gasteiger partial charge < -0.3 is 14.4 Å². The van der Waals surface area contributed by atoms with Gasteiger partial charge in [-0.05, 0) is 67.9 Å². The number of urea groups is 1. The highest BCUT2D eigenvalue weighted by Gasteiger charge is 2.32. The van der Waals surface area contributed by atoms with Gasteiger partial charge in [-0.25, -0.2) is 4.79 Å². The van der Waals surface area contributed by atoms with Crippen molar-refractivity contribution in [1.82, 2.24) is 4.90 Å². The number of carbonyl (C=O) groups is 1. The highest BCUT2D eigenvalue weighted by molar-refractivity contribution is 7.87. The van der Waals surface area contributed by atoms with Gasteiger partial charge in [-0.15, -0.1) is 0 Å². The average molecular weight is 527 g/mol. The number of nitrogens with zero attached hydrogens (tertiary/aromatic N) is 1. The Labute approximate surface area is 206 Å². The van der Waals surface area contributed by atoms with Crippen LogP contribution in [0.1, 0.15) is 25.0 Å². The molecule has 35 heavy (non-hydrogen) atoms. The van der Waals surface area contributed by atoms with Crippen LogP contribution in [0.2, 0.25) is 5.02 Å². The molecule has 0 aliphatic heterocycles. The van der Waals surface area contributed by atoms with Crippen molar-refractivity contribution in [2.45, 2.75) is 37.5 Å². The molecule has 0 heterocycles. The molecule has 0 fully saturated rings. The van der Waals surface area contributed by atoms with Crippen molar-refractivity contribution >= 4 is 33.4 Å². The van der Waals surface area contributed by atoms with E-state index in [1.807, 2.05) is 13.8 Å². The summed E-state index contributed by atoms with van der Waals surface area (Å²) >= 11 is 5.96. The summed E-state index contributed by atoms with van der Waals surface area (Å²) in [6, 6.07) is 15.3. The number of hydrogen-bond donors (Lipinski definition) is 1. The van der Waals surface area contributed by atoms with Crippen LogP contribution in [0.3, 0.4) is 0 Å². The van der Waals surface area contributed by atoms with Gasteiger partial charge in [-0.1, -0.05) is 35.9 Å². The number of carbonyl (C=O) groups excluding carboxylic acids is 1. The Kier molecular flexibility index (Phi) is 7.97. The SMILES string of the molecule is CC(C)N(Cc1cccc(OS(=O)(=O)c2cccc(C(F)(F)F)c2)c1)C(=O)Nc1cccc(Cl)c1. The Morgan fingerprint density at radius 1 is 1.03 bits per heavy atom. The lowest BCUT2D eigenvalue weighted by Gasteiger charge is -2.27. The van der Waals surface area contributed by atoms with Gasteiger partial charge in [0.2, 0.25) is 0 Å². The Morgan fingerprint density at radius 3 is 2.37 bits per heavy atom. The van der Waals surface area contributed by atoms with Crippen LogP contribution in [-0.2, 0) is 22.8 Å². The molecule has 0 unspecified atom stereocenters. The number of rotatable bonds is 7. The number of amides is 2. The monoisotopic (exact) mass is 526 g/mol. The van der Waals surface area contributed by atoms with Gasteiger partial charge in [0.15, 0.2) is 0 Å². The van der Waals surface area contributed by atoms with Crippen molar-refractivity contribution in [2.24, 2.45) is 0 Å². The zero-order valence-corrected chi connectivity index (χ0v) is 20.3. The molecule has 1 N–H and O–H groups in total. The first-order valence-corrected chi connectivity index (χ1v) is 12.2. The average Bonchev–Trinajstić information content (AvgIpc) is 2.77. The molecule has 0 aliphatic rings. The van der Waals surface area contributed by atoms with Crippen LogP contribution >= 0.6 is 11.6 Å².